The summed E-state index contributed by atoms with van der Waals surface area (Å²) in [4.78, 5) is 15.4. The molecule has 3 aromatic heterocycles. The van der Waals surface area contributed by atoms with Gasteiger partial charge in [0.15, 0.2) is 17.5 Å². The van der Waals surface area contributed by atoms with Gasteiger partial charge >= 0.3 is 0 Å². The Morgan fingerprint density at radius 3 is 1.69 bits per heavy atom. The van der Waals surface area contributed by atoms with Crippen molar-refractivity contribution in [2.75, 3.05) is 0 Å². The first-order valence-corrected chi connectivity index (χ1v) is 17.5. The Bertz CT molecular complexity index is 2930. The molecular weight excluding hydrogens is 694 g/mol. The fourth-order valence-corrected chi connectivity index (χ4v) is 7.23. The SMILES string of the molecule is Brc1ccc(-c2ccc(-c3cccc(-c4nc(-c5cccc6c5oc5ccccc56)nc(-c5cccc6oc7ccccc7c56)n4)c3)cc2)cc1. The predicted molar refractivity (Wildman–Crippen MR) is 209 cm³/mol. The molecule has 0 aliphatic carbocycles. The lowest BCUT2D eigenvalue weighted by Gasteiger charge is -2.11. The van der Waals surface area contributed by atoms with Crippen molar-refractivity contribution in [1.82, 2.24) is 15.0 Å². The number of aromatic nitrogens is 3. The standard InChI is InChI=1S/C45H26BrN3O2/c46-32-24-22-28(23-25-32)27-18-20-29(21-19-27)30-8-5-9-31(26-30)43-47-44(36-13-7-17-40-41(36)35-11-2-4-16-39(35)50-40)49-45(48-43)37-14-6-12-34-33-10-1-3-15-38(33)51-42(34)37/h1-26H. The Hall–Kier alpha value is -6.37. The average Bonchev–Trinajstić information content (AvgIpc) is 3.77. The summed E-state index contributed by atoms with van der Waals surface area (Å²) < 4.78 is 13.8. The van der Waals surface area contributed by atoms with Gasteiger partial charge in [0, 0.05) is 37.1 Å². The number of rotatable bonds is 5. The van der Waals surface area contributed by atoms with E-state index in [1.54, 1.807) is 0 Å². The van der Waals surface area contributed by atoms with Crippen LogP contribution in [0.2, 0.25) is 0 Å². The van der Waals surface area contributed by atoms with Gasteiger partial charge in [-0.15, -0.1) is 0 Å². The molecule has 0 radical (unpaired) electrons. The van der Waals surface area contributed by atoms with E-state index in [-0.39, 0.29) is 0 Å². The molecule has 51 heavy (non-hydrogen) atoms. The summed E-state index contributed by atoms with van der Waals surface area (Å²) in [7, 11) is 0. The number of fused-ring (bicyclic) bond motifs is 6. The first-order valence-electron chi connectivity index (χ1n) is 16.7. The van der Waals surface area contributed by atoms with Crippen molar-refractivity contribution < 1.29 is 8.83 Å². The molecule has 0 fully saturated rings. The zero-order valence-electron chi connectivity index (χ0n) is 27.0. The second-order valence-corrected chi connectivity index (χ2v) is 13.4. The molecule has 0 bridgehead atoms. The lowest BCUT2D eigenvalue weighted by atomic mass is 9.99. The summed E-state index contributed by atoms with van der Waals surface area (Å²) >= 11 is 3.53. The van der Waals surface area contributed by atoms with Gasteiger partial charge in [0.2, 0.25) is 0 Å². The number of para-hydroxylation sites is 3. The van der Waals surface area contributed by atoms with Crippen LogP contribution >= 0.6 is 15.9 Å². The van der Waals surface area contributed by atoms with Gasteiger partial charge in [-0.1, -0.05) is 131 Å². The highest BCUT2D eigenvalue weighted by Gasteiger charge is 2.20. The molecule has 240 valence electrons. The molecule has 0 saturated carbocycles. The Kier molecular flexibility index (Phi) is 6.89. The fourth-order valence-electron chi connectivity index (χ4n) is 6.97. The molecule has 3 heterocycles. The zero-order chi connectivity index (χ0) is 33.9. The van der Waals surface area contributed by atoms with Crippen LogP contribution in [-0.2, 0) is 0 Å². The smallest absolute Gasteiger partial charge is 0.167 e. The second kappa shape index (κ2) is 11.9. The molecule has 10 rings (SSSR count). The molecule has 7 aromatic carbocycles. The van der Waals surface area contributed by atoms with Crippen LogP contribution in [-0.4, -0.2) is 15.0 Å². The highest BCUT2D eigenvalue weighted by Crippen LogP contribution is 2.39. The maximum Gasteiger partial charge on any atom is 0.167 e. The minimum atomic E-state index is 0.536. The molecular formula is C45H26BrN3O2. The van der Waals surface area contributed by atoms with Crippen molar-refractivity contribution in [1.29, 1.82) is 0 Å². The maximum absolute atomic E-state index is 6.45. The fraction of sp³-hybridized carbons (Fsp3) is 0. The van der Waals surface area contributed by atoms with Gasteiger partial charge in [-0.3, -0.25) is 0 Å². The summed E-state index contributed by atoms with van der Waals surface area (Å²) in [6.45, 7) is 0. The minimum absolute atomic E-state index is 0.536. The number of hydrogen-bond donors (Lipinski definition) is 0. The van der Waals surface area contributed by atoms with Gasteiger partial charge in [0.25, 0.3) is 0 Å². The summed E-state index contributed by atoms with van der Waals surface area (Å²) in [6, 6.07) is 53.7. The van der Waals surface area contributed by atoms with Gasteiger partial charge in [-0.2, -0.15) is 0 Å². The summed E-state index contributed by atoms with van der Waals surface area (Å²) in [6.07, 6.45) is 0. The van der Waals surface area contributed by atoms with Crippen molar-refractivity contribution in [2.45, 2.75) is 0 Å². The molecule has 0 aliphatic heterocycles. The van der Waals surface area contributed by atoms with E-state index in [4.69, 9.17) is 23.8 Å². The second-order valence-electron chi connectivity index (χ2n) is 12.5. The number of hydrogen-bond acceptors (Lipinski definition) is 5. The topological polar surface area (TPSA) is 65.0 Å². The van der Waals surface area contributed by atoms with Crippen LogP contribution in [0.1, 0.15) is 0 Å². The molecule has 0 spiro atoms. The Morgan fingerprint density at radius 1 is 0.373 bits per heavy atom. The Labute approximate surface area is 301 Å². The van der Waals surface area contributed by atoms with Crippen LogP contribution in [0.4, 0.5) is 0 Å². The summed E-state index contributed by atoms with van der Waals surface area (Å²) in [5.74, 6) is 1.67. The van der Waals surface area contributed by atoms with Crippen LogP contribution in [0.15, 0.2) is 171 Å². The number of furan rings is 2. The van der Waals surface area contributed by atoms with Crippen LogP contribution in [0, 0.1) is 0 Å². The van der Waals surface area contributed by atoms with Crippen molar-refractivity contribution in [3.8, 4) is 56.4 Å². The summed E-state index contributed by atoms with van der Waals surface area (Å²) in [5.41, 5.74) is 10.2. The van der Waals surface area contributed by atoms with E-state index in [2.05, 4.69) is 113 Å². The van der Waals surface area contributed by atoms with Crippen LogP contribution in [0.5, 0.6) is 0 Å². The van der Waals surface area contributed by atoms with E-state index >= 15 is 0 Å². The Balaban J connectivity index is 1.15. The molecule has 0 atom stereocenters. The highest BCUT2D eigenvalue weighted by atomic mass is 79.9. The lowest BCUT2D eigenvalue weighted by molar-refractivity contribution is 0.668. The third kappa shape index (κ3) is 5.11. The van der Waals surface area contributed by atoms with Gasteiger partial charge < -0.3 is 8.83 Å². The normalized spacial score (nSPS) is 11.6. The van der Waals surface area contributed by atoms with Gasteiger partial charge in [0.1, 0.15) is 22.3 Å². The van der Waals surface area contributed by atoms with Gasteiger partial charge in [-0.05, 0) is 64.7 Å². The predicted octanol–water partition coefficient (Wildman–Crippen LogP) is 12.8. The average molecular weight is 721 g/mol. The molecule has 0 saturated heterocycles. The van der Waals surface area contributed by atoms with E-state index in [0.717, 1.165) is 81.7 Å². The monoisotopic (exact) mass is 719 g/mol. The molecule has 0 aliphatic rings. The number of nitrogens with zero attached hydrogens (tertiary/aromatic N) is 3. The maximum atomic E-state index is 6.45. The molecule has 6 heteroatoms. The Morgan fingerprint density at radius 2 is 0.902 bits per heavy atom. The minimum Gasteiger partial charge on any atom is -0.456 e. The molecule has 0 unspecified atom stereocenters. The van der Waals surface area contributed by atoms with Crippen molar-refractivity contribution in [3.05, 3.63) is 162 Å². The molecule has 0 amide bonds. The molecule has 10 aromatic rings. The van der Waals surface area contributed by atoms with E-state index in [1.165, 1.54) is 5.56 Å². The lowest BCUT2D eigenvalue weighted by Crippen LogP contribution is -2.00. The quantitative estimate of drug-likeness (QED) is 0.177. The number of halogens is 1. The van der Waals surface area contributed by atoms with Gasteiger partial charge in [0.05, 0.1) is 5.56 Å². The molecule has 0 N–H and O–H groups in total. The van der Waals surface area contributed by atoms with Crippen molar-refractivity contribution in [2.24, 2.45) is 0 Å². The van der Waals surface area contributed by atoms with Crippen LogP contribution < -0.4 is 0 Å². The van der Waals surface area contributed by atoms with E-state index in [1.807, 2.05) is 60.7 Å². The largest absolute Gasteiger partial charge is 0.456 e. The van der Waals surface area contributed by atoms with Crippen molar-refractivity contribution >= 4 is 59.8 Å². The van der Waals surface area contributed by atoms with E-state index in [9.17, 15) is 0 Å². The third-order valence-corrected chi connectivity index (χ3v) is 9.97. The van der Waals surface area contributed by atoms with Crippen molar-refractivity contribution in [3.63, 3.8) is 0 Å². The van der Waals surface area contributed by atoms with E-state index in [0.29, 0.717) is 17.5 Å². The van der Waals surface area contributed by atoms with E-state index < -0.39 is 0 Å². The van der Waals surface area contributed by atoms with Crippen LogP contribution in [0.25, 0.3) is 100 Å². The third-order valence-electron chi connectivity index (χ3n) is 9.44. The number of benzene rings is 7. The van der Waals surface area contributed by atoms with Crippen LogP contribution in [0.3, 0.4) is 0 Å². The molecule has 5 nitrogen and oxygen atoms in total. The summed E-state index contributed by atoms with van der Waals surface area (Å²) in [5, 5.41) is 4.05. The first-order chi connectivity index (χ1) is 25.2. The van der Waals surface area contributed by atoms with Gasteiger partial charge in [-0.25, -0.2) is 15.0 Å². The zero-order valence-corrected chi connectivity index (χ0v) is 28.6. The highest BCUT2D eigenvalue weighted by molar-refractivity contribution is 9.10. The first kappa shape index (κ1) is 29.5.